The Balaban J connectivity index is 2.96. The van der Waals surface area contributed by atoms with E-state index in [9.17, 15) is 0 Å². The molecule has 0 aromatic carbocycles. The summed E-state index contributed by atoms with van der Waals surface area (Å²) in [5.74, 6) is 0.554. The summed E-state index contributed by atoms with van der Waals surface area (Å²) < 4.78 is 0. The summed E-state index contributed by atoms with van der Waals surface area (Å²) in [6.45, 7) is 1.96. The van der Waals surface area contributed by atoms with E-state index >= 15 is 0 Å². The first-order valence-electron chi connectivity index (χ1n) is 3.10. The first-order chi connectivity index (χ1) is 4.70. The topological polar surface area (TPSA) is 38.9 Å². The first kappa shape index (κ1) is 7.41. The maximum atomic E-state index is 5.45. The smallest absolute Gasteiger partial charge is 0.123 e. The Kier molecular flexibility index (Phi) is 2.17. The molecule has 1 heterocycles. The Morgan fingerprint density at radius 1 is 1.60 bits per heavy atom. The molecular weight excluding hydrogens is 144 g/mol. The third-order valence-corrected chi connectivity index (χ3v) is 1.48. The lowest BCUT2D eigenvalue weighted by atomic mass is 10.3. The van der Waals surface area contributed by atoms with Crippen molar-refractivity contribution in [2.24, 2.45) is 0 Å². The van der Waals surface area contributed by atoms with Crippen LogP contribution in [0.5, 0.6) is 0 Å². The summed E-state index contributed by atoms with van der Waals surface area (Å²) in [5.41, 5.74) is 6.37. The predicted octanol–water partition coefficient (Wildman–Crippen LogP) is 1.65. The normalized spacial score (nSPS) is 13.0. The summed E-state index contributed by atoms with van der Waals surface area (Å²) in [6.07, 6.45) is 0. The minimum absolute atomic E-state index is 0.156. The minimum Gasteiger partial charge on any atom is -0.384 e. The van der Waals surface area contributed by atoms with Crippen molar-refractivity contribution in [3.05, 3.63) is 23.9 Å². The molecule has 1 aromatic rings. The molecule has 54 valence electrons. The monoisotopic (exact) mass is 154 g/mol. The highest BCUT2D eigenvalue weighted by Crippen LogP contribution is 2.16. The number of pyridine rings is 1. The van der Waals surface area contributed by atoms with E-state index in [0.717, 1.165) is 5.69 Å². The van der Waals surface area contributed by atoms with Crippen molar-refractivity contribution in [3.8, 4) is 0 Å². The standard InChI is InChI=1S/C7H10N2S/c1-5(10)6-3-2-4-7(8)9-6/h2-5,10H,1H3,(H2,8,9). The molecule has 0 bridgehead atoms. The molecule has 0 spiro atoms. The third-order valence-electron chi connectivity index (χ3n) is 1.22. The second-order valence-corrected chi connectivity index (χ2v) is 2.94. The maximum Gasteiger partial charge on any atom is 0.123 e. The molecule has 0 aliphatic heterocycles. The molecule has 1 atom stereocenters. The highest BCUT2D eigenvalue weighted by Gasteiger charge is 1.99. The van der Waals surface area contributed by atoms with Gasteiger partial charge in [-0.25, -0.2) is 4.98 Å². The Hall–Kier alpha value is -0.700. The molecule has 1 rings (SSSR count). The van der Waals surface area contributed by atoms with Crippen molar-refractivity contribution in [2.45, 2.75) is 12.2 Å². The highest BCUT2D eigenvalue weighted by molar-refractivity contribution is 7.80. The van der Waals surface area contributed by atoms with Crippen LogP contribution >= 0.6 is 12.6 Å². The van der Waals surface area contributed by atoms with Gasteiger partial charge < -0.3 is 5.73 Å². The lowest BCUT2D eigenvalue weighted by Crippen LogP contribution is -1.94. The van der Waals surface area contributed by atoms with Gasteiger partial charge >= 0.3 is 0 Å². The first-order valence-corrected chi connectivity index (χ1v) is 3.62. The average Bonchev–Trinajstić information content (AvgIpc) is 1.88. The summed E-state index contributed by atoms with van der Waals surface area (Å²) in [5, 5.41) is 0.156. The van der Waals surface area contributed by atoms with Crippen molar-refractivity contribution in [3.63, 3.8) is 0 Å². The quantitative estimate of drug-likeness (QED) is 0.604. The van der Waals surface area contributed by atoms with Crippen molar-refractivity contribution in [2.75, 3.05) is 5.73 Å². The molecular formula is C7H10N2S. The van der Waals surface area contributed by atoms with Crippen LogP contribution in [0, 0.1) is 0 Å². The van der Waals surface area contributed by atoms with Gasteiger partial charge in [0.2, 0.25) is 0 Å². The zero-order chi connectivity index (χ0) is 7.56. The van der Waals surface area contributed by atoms with Crippen LogP contribution in [-0.4, -0.2) is 4.98 Å². The van der Waals surface area contributed by atoms with Crippen LogP contribution in [0.4, 0.5) is 5.82 Å². The molecule has 0 aliphatic rings. The Bertz CT molecular complexity index is 223. The predicted molar refractivity (Wildman–Crippen MR) is 46.1 cm³/mol. The zero-order valence-corrected chi connectivity index (χ0v) is 6.68. The van der Waals surface area contributed by atoms with Gasteiger partial charge in [0, 0.05) is 5.25 Å². The zero-order valence-electron chi connectivity index (χ0n) is 5.78. The van der Waals surface area contributed by atoms with E-state index < -0.39 is 0 Å². The van der Waals surface area contributed by atoms with Gasteiger partial charge in [0.15, 0.2) is 0 Å². The number of thiol groups is 1. The molecule has 2 N–H and O–H groups in total. The average molecular weight is 154 g/mol. The summed E-state index contributed by atoms with van der Waals surface area (Å²) in [7, 11) is 0. The molecule has 0 radical (unpaired) electrons. The fourth-order valence-corrected chi connectivity index (χ4v) is 0.845. The van der Waals surface area contributed by atoms with Crippen LogP contribution in [0.25, 0.3) is 0 Å². The number of anilines is 1. The maximum absolute atomic E-state index is 5.45. The van der Waals surface area contributed by atoms with E-state index in [2.05, 4.69) is 17.6 Å². The van der Waals surface area contributed by atoms with Gasteiger partial charge in [0.1, 0.15) is 5.82 Å². The largest absolute Gasteiger partial charge is 0.384 e. The van der Waals surface area contributed by atoms with Crippen LogP contribution < -0.4 is 5.73 Å². The fraction of sp³-hybridized carbons (Fsp3) is 0.286. The van der Waals surface area contributed by atoms with Crippen LogP contribution in [0.3, 0.4) is 0 Å². The number of hydrogen-bond donors (Lipinski definition) is 2. The van der Waals surface area contributed by atoms with Gasteiger partial charge in [-0.05, 0) is 19.1 Å². The van der Waals surface area contributed by atoms with Gasteiger partial charge in [0.25, 0.3) is 0 Å². The molecule has 2 nitrogen and oxygen atoms in total. The van der Waals surface area contributed by atoms with Crippen molar-refractivity contribution >= 4 is 18.4 Å². The number of nitrogens with zero attached hydrogens (tertiary/aromatic N) is 1. The lowest BCUT2D eigenvalue weighted by molar-refractivity contribution is 1.02. The number of nitrogen functional groups attached to an aromatic ring is 1. The molecule has 0 amide bonds. The molecule has 0 saturated carbocycles. The van der Waals surface area contributed by atoms with Crippen LogP contribution in [0.2, 0.25) is 0 Å². The SMILES string of the molecule is CC(S)c1cccc(N)n1. The van der Waals surface area contributed by atoms with Crippen molar-refractivity contribution in [1.82, 2.24) is 4.98 Å². The molecule has 0 fully saturated rings. The van der Waals surface area contributed by atoms with Crippen LogP contribution in [0.15, 0.2) is 18.2 Å². The van der Waals surface area contributed by atoms with E-state index in [4.69, 9.17) is 5.73 Å². The van der Waals surface area contributed by atoms with Crippen molar-refractivity contribution < 1.29 is 0 Å². The molecule has 3 heteroatoms. The second-order valence-electron chi connectivity index (χ2n) is 2.16. The summed E-state index contributed by atoms with van der Waals surface area (Å²) in [4.78, 5) is 4.07. The number of rotatable bonds is 1. The number of aromatic nitrogens is 1. The summed E-state index contributed by atoms with van der Waals surface area (Å²) in [6, 6.07) is 5.55. The minimum atomic E-state index is 0.156. The molecule has 1 aromatic heterocycles. The lowest BCUT2D eigenvalue weighted by Gasteiger charge is -2.02. The fourth-order valence-electron chi connectivity index (χ4n) is 0.702. The Labute approximate surface area is 65.9 Å². The molecule has 0 saturated heterocycles. The van der Waals surface area contributed by atoms with Crippen molar-refractivity contribution in [1.29, 1.82) is 0 Å². The highest BCUT2D eigenvalue weighted by atomic mass is 32.1. The number of nitrogens with two attached hydrogens (primary N) is 1. The molecule has 10 heavy (non-hydrogen) atoms. The molecule has 0 aliphatic carbocycles. The number of hydrogen-bond acceptors (Lipinski definition) is 3. The van der Waals surface area contributed by atoms with E-state index in [1.807, 2.05) is 19.1 Å². The third kappa shape index (κ3) is 1.64. The van der Waals surface area contributed by atoms with E-state index in [1.165, 1.54) is 0 Å². The van der Waals surface area contributed by atoms with E-state index in [0.29, 0.717) is 5.82 Å². The van der Waals surface area contributed by atoms with Gasteiger partial charge in [-0.3, -0.25) is 0 Å². The second kappa shape index (κ2) is 2.92. The van der Waals surface area contributed by atoms with E-state index in [1.54, 1.807) is 6.07 Å². The summed E-state index contributed by atoms with van der Waals surface area (Å²) >= 11 is 4.22. The van der Waals surface area contributed by atoms with Gasteiger partial charge in [-0.1, -0.05) is 6.07 Å². The van der Waals surface area contributed by atoms with Crippen LogP contribution in [0.1, 0.15) is 17.9 Å². The van der Waals surface area contributed by atoms with E-state index in [-0.39, 0.29) is 5.25 Å². The van der Waals surface area contributed by atoms with Gasteiger partial charge in [0.05, 0.1) is 5.69 Å². The van der Waals surface area contributed by atoms with Gasteiger partial charge in [-0.2, -0.15) is 12.6 Å². The van der Waals surface area contributed by atoms with Gasteiger partial charge in [-0.15, -0.1) is 0 Å². The Morgan fingerprint density at radius 2 is 2.30 bits per heavy atom. The molecule has 1 unspecified atom stereocenters. The van der Waals surface area contributed by atoms with Crippen LogP contribution in [-0.2, 0) is 0 Å². The Morgan fingerprint density at radius 3 is 2.70 bits per heavy atom.